The Kier molecular flexibility index (Phi) is 4.56. The fourth-order valence-electron chi connectivity index (χ4n) is 2.08. The molecule has 16 heavy (non-hydrogen) atoms. The summed E-state index contributed by atoms with van der Waals surface area (Å²) < 4.78 is 0. The van der Waals surface area contributed by atoms with E-state index in [9.17, 15) is 0 Å². The molecule has 0 saturated carbocycles. The predicted molar refractivity (Wildman–Crippen MR) is 72.4 cm³/mol. The van der Waals surface area contributed by atoms with Crippen LogP contribution in [-0.2, 0) is 0 Å². The second-order valence-electron chi connectivity index (χ2n) is 4.18. The van der Waals surface area contributed by atoms with Crippen molar-refractivity contribution in [1.29, 1.82) is 0 Å². The van der Waals surface area contributed by atoms with E-state index in [1.165, 1.54) is 35.5 Å². The lowest BCUT2D eigenvalue weighted by Crippen LogP contribution is -2.22. The van der Waals surface area contributed by atoms with Crippen LogP contribution in [0.3, 0.4) is 0 Å². The topological polar surface area (TPSA) is 12.0 Å². The Labute approximate surface area is 107 Å². The van der Waals surface area contributed by atoms with Crippen LogP contribution in [0.4, 0.5) is 0 Å². The van der Waals surface area contributed by atoms with E-state index in [0.29, 0.717) is 6.04 Å². The van der Waals surface area contributed by atoms with Crippen molar-refractivity contribution in [2.45, 2.75) is 37.1 Å². The van der Waals surface area contributed by atoms with Gasteiger partial charge in [-0.2, -0.15) is 0 Å². The number of thioether (sulfide) groups is 1. The summed E-state index contributed by atoms with van der Waals surface area (Å²) in [6.07, 6.45) is 3.68. The Bertz CT molecular complexity index is 354. The molecule has 1 heterocycles. The molecule has 1 aromatic carbocycles. The van der Waals surface area contributed by atoms with E-state index in [1.807, 2.05) is 17.8 Å². The number of hydrogen-bond donors (Lipinski definition) is 1. The number of fused-ring (bicyclic) bond motifs is 1. The number of rotatable bonds is 3. The highest BCUT2D eigenvalue weighted by Gasteiger charge is 2.18. The molecule has 3 heteroatoms. The van der Waals surface area contributed by atoms with Gasteiger partial charge in [0.25, 0.3) is 0 Å². The molecule has 1 unspecified atom stereocenters. The zero-order chi connectivity index (χ0) is 11.4. The molecule has 0 amide bonds. The van der Waals surface area contributed by atoms with Gasteiger partial charge in [0.1, 0.15) is 0 Å². The zero-order valence-corrected chi connectivity index (χ0v) is 11.2. The fourth-order valence-corrected chi connectivity index (χ4v) is 3.32. The quantitative estimate of drug-likeness (QED) is 0.866. The molecule has 1 nitrogen and oxygen atoms in total. The third kappa shape index (κ3) is 2.93. The molecule has 1 aliphatic rings. The number of halogens is 1. The first kappa shape index (κ1) is 12.3. The van der Waals surface area contributed by atoms with E-state index in [-0.39, 0.29) is 0 Å². The van der Waals surface area contributed by atoms with Crippen molar-refractivity contribution in [1.82, 2.24) is 5.32 Å². The van der Waals surface area contributed by atoms with Crippen LogP contribution < -0.4 is 5.32 Å². The Balaban J connectivity index is 2.24. The lowest BCUT2D eigenvalue weighted by molar-refractivity contribution is 0.493. The van der Waals surface area contributed by atoms with Gasteiger partial charge in [-0.15, -0.1) is 11.8 Å². The highest BCUT2D eigenvalue weighted by atomic mass is 35.5. The normalized spacial score (nSPS) is 20.2. The molecule has 0 spiro atoms. The van der Waals surface area contributed by atoms with E-state index < -0.39 is 0 Å². The Morgan fingerprint density at radius 2 is 2.38 bits per heavy atom. The smallest absolute Gasteiger partial charge is 0.0410 e. The summed E-state index contributed by atoms with van der Waals surface area (Å²) in [7, 11) is 0. The van der Waals surface area contributed by atoms with Gasteiger partial charge < -0.3 is 5.32 Å². The van der Waals surface area contributed by atoms with Gasteiger partial charge in [-0.05, 0) is 55.3 Å². The minimum absolute atomic E-state index is 0.489. The molecule has 0 aromatic heterocycles. The molecule has 1 atom stereocenters. The van der Waals surface area contributed by atoms with Crippen molar-refractivity contribution >= 4 is 23.4 Å². The first-order valence-electron chi connectivity index (χ1n) is 5.97. The van der Waals surface area contributed by atoms with Crippen molar-refractivity contribution in [3.63, 3.8) is 0 Å². The summed E-state index contributed by atoms with van der Waals surface area (Å²) in [5.41, 5.74) is 1.39. The highest BCUT2D eigenvalue weighted by molar-refractivity contribution is 7.99. The third-order valence-corrected chi connectivity index (χ3v) is 4.29. The number of hydrogen-bond acceptors (Lipinski definition) is 2. The average molecular weight is 256 g/mol. The van der Waals surface area contributed by atoms with Crippen molar-refractivity contribution in [3.05, 3.63) is 28.8 Å². The van der Waals surface area contributed by atoms with Gasteiger partial charge in [-0.25, -0.2) is 0 Å². The van der Waals surface area contributed by atoms with Crippen LogP contribution in [0.1, 0.15) is 37.8 Å². The number of nitrogens with one attached hydrogen (secondary N) is 1. The molecular weight excluding hydrogens is 238 g/mol. The molecule has 88 valence electrons. The minimum Gasteiger partial charge on any atom is -0.310 e. The summed E-state index contributed by atoms with van der Waals surface area (Å²) in [4.78, 5) is 1.40. The standard InChI is InChI=1S/C13H18ClNS/c1-2-7-15-12-4-3-8-16-13-6-5-10(14)9-11(12)13/h5-6,9,12,15H,2-4,7-8H2,1H3. The fraction of sp³-hybridized carbons (Fsp3) is 0.538. The first-order valence-corrected chi connectivity index (χ1v) is 7.33. The van der Waals surface area contributed by atoms with Crippen molar-refractivity contribution in [2.75, 3.05) is 12.3 Å². The SMILES string of the molecule is CCCNC1CCCSc2ccc(Cl)cc21. The van der Waals surface area contributed by atoms with Crippen LogP contribution >= 0.6 is 23.4 Å². The van der Waals surface area contributed by atoms with Crippen LogP contribution in [0.5, 0.6) is 0 Å². The lowest BCUT2D eigenvalue weighted by atomic mass is 10.0. The lowest BCUT2D eigenvalue weighted by Gasteiger charge is -2.18. The molecule has 1 N–H and O–H groups in total. The van der Waals surface area contributed by atoms with E-state index in [2.05, 4.69) is 24.4 Å². The Morgan fingerprint density at radius 3 is 3.19 bits per heavy atom. The second-order valence-corrected chi connectivity index (χ2v) is 5.75. The molecule has 1 aliphatic heterocycles. The average Bonchev–Trinajstić information content (AvgIpc) is 2.48. The Hall–Kier alpha value is -0.180. The minimum atomic E-state index is 0.489. The molecule has 1 aromatic rings. The third-order valence-electron chi connectivity index (χ3n) is 2.88. The summed E-state index contributed by atoms with van der Waals surface area (Å²) in [6, 6.07) is 6.77. The molecule has 0 fully saturated rings. The van der Waals surface area contributed by atoms with E-state index in [4.69, 9.17) is 11.6 Å². The van der Waals surface area contributed by atoms with Crippen LogP contribution in [0, 0.1) is 0 Å². The van der Waals surface area contributed by atoms with Gasteiger partial charge in [0.15, 0.2) is 0 Å². The van der Waals surface area contributed by atoms with E-state index in [0.717, 1.165) is 11.6 Å². The Morgan fingerprint density at radius 1 is 1.50 bits per heavy atom. The van der Waals surface area contributed by atoms with Gasteiger partial charge >= 0.3 is 0 Å². The molecule has 0 saturated heterocycles. The zero-order valence-electron chi connectivity index (χ0n) is 9.63. The van der Waals surface area contributed by atoms with Crippen molar-refractivity contribution < 1.29 is 0 Å². The molecule has 0 radical (unpaired) electrons. The second kappa shape index (κ2) is 5.95. The van der Waals surface area contributed by atoms with Crippen LogP contribution in [-0.4, -0.2) is 12.3 Å². The van der Waals surface area contributed by atoms with Gasteiger partial charge in [0.05, 0.1) is 0 Å². The predicted octanol–water partition coefficient (Wildman–Crippen LogP) is 4.27. The van der Waals surface area contributed by atoms with Crippen molar-refractivity contribution in [3.8, 4) is 0 Å². The maximum Gasteiger partial charge on any atom is 0.0410 e. The van der Waals surface area contributed by atoms with E-state index >= 15 is 0 Å². The summed E-state index contributed by atoms with van der Waals surface area (Å²) in [6.45, 7) is 3.29. The molecule has 0 aliphatic carbocycles. The summed E-state index contributed by atoms with van der Waals surface area (Å²) >= 11 is 8.05. The molecule has 0 bridgehead atoms. The largest absolute Gasteiger partial charge is 0.310 e. The van der Waals surface area contributed by atoms with Gasteiger partial charge in [0.2, 0.25) is 0 Å². The van der Waals surface area contributed by atoms with Gasteiger partial charge in [0, 0.05) is 16.0 Å². The maximum absolute atomic E-state index is 6.09. The molecule has 2 rings (SSSR count). The van der Waals surface area contributed by atoms with Crippen LogP contribution in [0.15, 0.2) is 23.1 Å². The van der Waals surface area contributed by atoms with Crippen molar-refractivity contribution in [2.24, 2.45) is 0 Å². The first-order chi connectivity index (χ1) is 7.81. The molecular formula is C13H18ClNS. The van der Waals surface area contributed by atoms with Crippen LogP contribution in [0.2, 0.25) is 5.02 Å². The monoisotopic (exact) mass is 255 g/mol. The maximum atomic E-state index is 6.09. The van der Waals surface area contributed by atoms with E-state index in [1.54, 1.807) is 0 Å². The number of benzene rings is 1. The highest BCUT2D eigenvalue weighted by Crippen LogP contribution is 2.36. The summed E-state index contributed by atoms with van der Waals surface area (Å²) in [5, 5.41) is 4.47. The van der Waals surface area contributed by atoms with Gasteiger partial charge in [-0.1, -0.05) is 18.5 Å². The van der Waals surface area contributed by atoms with Gasteiger partial charge in [-0.3, -0.25) is 0 Å². The van der Waals surface area contributed by atoms with Crippen LogP contribution in [0.25, 0.3) is 0 Å². The summed E-state index contributed by atoms with van der Waals surface area (Å²) in [5.74, 6) is 1.22.